The molecule has 0 aliphatic carbocycles. The summed E-state index contributed by atoms with van der Waals surface area (Å²) in [5.74, 6) is -2.14. The maximum atomic E-state index is 12.3. The van der Waals surface area contributed by atoms with Crippen molar-refractivity contribution in [1.82, 2.24) is 10.3 Å². The quantitative estimate of drug-likeness (QED) is 0.810. The molecule has 0 aliphatic heterocycles. The molecule has 0 saturated heterocycles. The predicted octanol–water partition coefficient (Wildman–Crippen LogP) is 1.86. The van der Waals surface area contributed by atoms with Gasteiger partial charge in [-0.2, -0.15) is 13.2 Å². The Morgan fingerprint density at radius 1 is 1.45 bits per heavy atom. The maximum Gasteiger partial charge on any atom is 0.417 e. The van der Waals surface area contributed by atoms with Crippen molar-refractivity contribution in [3.8, 4) is 0 Å². The van der Waals surface area contributed by atoms with Gasteiger partial charge < -0.3 is 10.4 Å². The number of rotatable bonds is 5. The van der Waals surface area contributed by atoms with Crippen molar-refractivity contribution in [3.05, 3.63) is 42.2 Å². The molecule has 0 radical (unpaired) electrons. The summed E-state index contributed by atoms with van der Waals surface area (Å²) >= 11 is 0. The number of aromatic nitrogens is 1. The highest BCUT2D eigenvalue weighted by Gasteiger charge is 2.31. The molecule has 2 N–H and O–H groups in total. The average molecular weight is 288 g/mol. The van der Waals surface area contributed by atoms with E-state index in [1.54, 1.807) is 0 Å². The van der Waals surface area contributed by atoms with E-state index in [1.807, 2.05) is 0 Å². The number of hydrogen-bond donors (Lipinski definition) is 2. The molecule has 1 amide bonds. The molecule has 5 nitrogen and oxygen atoms in total. The molecule has 1 unspecified atom stereocenters. The molecule has 8 heteroatoms. The van der Waals surface area contributed by atoms with Crippen molar-refractivity contribution in [2.24, 2.45) is 0 Å². The Labute approximate surface area is 112 Å². The van der Waals surface area contributed by atoms with Crippen LogP contribution in [-0.2, 0) is 11.0 Å². The SMILES string of the molecule is C=CCC(NC(=O)c1ccc(C(F)(F)F)cn1)C(=O)O. The Hall–Kier alpha value is -2.38. The Balaban J connectivity index is 2.82. The minimum Gasteiger partial charge on any atom is -0.480 e. The number of nitrogens with zero attached hydrogens (tertiary/aromatic N) is 1. The van der Waals surface area contributed by atoms with E-state index in [0.717, 1.165) is 6.07 Å². The van der Waals surface area contributed by atoms with E-state index < -0.39 is 29.7 Å². The summed E-state index contributed by atoms with van der Waals surface area (Å²) in [5.41, 5.74) is -1.29. The fraction of sp³-hybridized carbons (Fsp3) is 0.250. The molecule has 1 heterocycles. The maximum absolute atomic E-state index is 12.3. The first-order chi connectivity index (χ1) is 9.25. The Morgan fingerprint density at radius 2 is 2.10 bits per heavy atom. The monoisotopic (exact) mass is 288 g/mol. The van der Waals surface area contributed by atoms with Crippen LogP contribution < -0.4 is 5.32 Å². The van der Waals surface area contributed by atoms with E-state index in [-0.39, 0.29) is 12.1 Å². The van der Waals surface area contributed by atoms with Crippen LogP contribution in [0.15, 0.2) is 31.0 Å². The van der Waals surface area contributed by atoms with Gasteiger partial charge in [0.1, 0.15) is 11.7 Å². The third-order valence-electron chi connectivity index (χ3n) is 2.33. The molecular formula is C12H11F3N2O3. The number of carboxylic acid groups (broad SMARTS) is 1. The largest absolute Gasteiger partial charge is 0.480 e. The number of aliphatic carboxylic acids is 1. The summed E-state index contributed by atoms with van der Waals surface area (Å²) in [4.78, 5) is 25.8. The molecule has 20 heavy (non-hydrogen) atoms. The number of carbonyl (C=O) groups excluding carboxylic acids is 1. The van der Waals surface area contributed by atoms with Crippen LogP contribution in [0.25, 0.3) is 0 Å². The molecule has 0 saturated carbocycles. The summed E-state index contributed by atoms with van der Waals surface area (Å²) in [5, 5.41) is 11.0. The number of hydrogen-bond acceptors (Lipinski definition) is 3. The van der Waals surface area contributed by atoms with Gasteiger partial charge in [-0.1, -0.05) is 6.08 Å². The van der Waals surface area contributed by atoms with Gasteiger partial charge in [0.2, 0.25) is 0 Å². The zero-order valence-corrected chi connectivity index (χ0v) is 10.1. The topological polar surface area (TPSA) is 79.3 Å². The van der Waals surface area contributed by atoms with Crippen molar-refractivity contribution >= 4 is 11.9 Å². The third-order valence-corrected chi connectivity index (χ3v) is 2.33. The molecule has 1 aromatic heterocycles. The first-order valence-electron chi connectivity index (χ1n) is 5.43. The number of alkyl halides is 3. The minimum absolute atomic E-state index is 0.0122. The molecule has 0 aromatic carbocycles. The lowest BCUT2D eigenvalue weighted by Crippen LogP contribution is -2.40. The molecule has 0 aliphatic rings. The van der Waals surface area contributed by atoms with Crippen LogP contribution in [0.4, 0.5) is 13.2 Å². The van der Waals surface area contributed by atoms with Crippen LogP contribution in [0.5, 0.6) is 0 Å². The van der Waals surface area contributed by atoms with Gasteiger partial charge in [-0.3, -0.25) is 9.78 Å². The number of carbonyl (C=O) groups is 2. The molecular weight excluding hydrogens is 277 g/mol. The lowest BCUT2D eigenvalue weighted by Gasteiger charge is -2.12. The van der Waals surface area contributed by atoms with Crippen molar-refractivity contribution in [2.45, 2.75) is 18.6 Å². The van der Waals surface area contributed by atoms with E-state index >= 15 is 0 Å². The molecule has 108 valence electrons. The predicted molar refractivity (Wildman–Crippen MR) is 62.9 cm³/mol. The van der Waals surface area contributed by atoms with Gasteiger partial charge in [0.05, 0.1) is 5.56 Å². The number of carboxylic acids is 1. The third kappa shape index (κ3) is 4.08. The fourth-order valence-corrected chi connectivity index (χ4v) is 1.32. The zero-order valence-electron chi connectivity index (χ0n) is 10.1. The minimum atomic E-state index is -4.55. The lowest BCUT2D eigenvalue weighted by molar-refractivity contribution is -0.139. The smallest absolute Gasteiger partial charge is 0.417 e. The Morgan fingerprint density at radius 3 is 2.50 bits per heavy atom. The van der Waals surface area contributed by atoms with Gasteiger partial charge >= 0.3 is 12.1 Å². The molecule has 0 bridgehead atoms. The van der Waals surface area contributed by atoms with Crippen LogP contribution in [0, 0.1) is 0 Å². The van der Waals surface area contributed by atoms with E-state index in [1.165, 1.54) is 6.08 Å². The number of halogens is 3. The second-order valence-corrected chi connectivity index (χ2v) is 3.82. The molecule has 0 fully saturated rings. The van der Waals surface area contributed by atoms with Crippen molar-refractivity contribution < 1.29 is 27.9 Å². The van der Waals surface area contributed by atoms with Crippen LogP contribution in [0.1, 0.15) is 22.5 Å². The van der Waals surface area contributed by atoms with Crippen molar-refractivity contribution in [3.63, 3.8) is 0 Å². The lowest BCUT2D eigenvalue weighted by atomic mass is 10.2. The van der Waals surface area contributed by atoms with E-state index in [0.29, 0.717) is 12.3 Å². The van der Waals surface area contributed by atoms with Gasteiger partial charge in [0.15, 0.2) is 0 Å². The summed E-state index contributed by atoms with van der Waals surface area (Å²) in [6.07, 6.45) is -2.74. The van der Waals surface area contributed by atoms with Crippen LogP contribution in [0.2, 0.25) is 0 Å². The van der Waals surface area contributed by atoms with E-state index in [4.69, 9.17) is 5.11 Å². The Kier molecular flexibility index (Phi) is 4.84. The molecule has 1 aromatic rings. The number of amides is 1. The zero-order chi connectivity index (χ0) is 15.3. The van der Waals surface area contributed by atoms with Crippen LogP contribution >= 0.6 is 0 Å². The van der Waals surface area contributed by atoms with Gasteiger partial charge in [-0.25, -0.2) is 4.79 Å². The Bertz CT molecular complexity index is 512. The summed E-state index contributed by atoms with van der Waals surface area (Å²) in [7, 11) is 0. The van der Waals surface area contributed by atoms with Crippen LogP contribution in [0.3, 0.4) is 0 Å². The first kappa shape index (κ1) is 15.7. The molecule has 1 atom stereocenters. The van der Waals surface area contributed by atoms with E-state index in [2.05, 4.69) is 16.9 Å². The van der Waals surface area contributed by atoms with Gasteiger partial charge in [0, 0.05) is 6.20 Å². The average Bonchev–Trinajstić information content (AvgIpc) is 2.37. The number of pyridine rings is 1. The van der Waals surface area contributed by atoms with E-state index in [9.17, 15) is 22.8 Å². The summed E-state index contributed by atoms with van der Waals surface area (Å²) in [6.45, 7) is 3.35. The van der Waals surface area contributed by atoms with Gasteiger partial charge in [0.25, 0.3) is 5.91 Å². The molecule has 0 spiro atoms. The highest BCUT2D eigenvalue weighted by Crippen LogP contribution is 2.28. The van der Waals surface area contributed by atoms with Gasteiger partial charge in [-0.05, 0) is 18.6 Å². The van der Waals surface area contributed by atoms with Crippen LogP contribution in [-0.4, -0.2) is 28.0 Å². The summed E-state index contributed by atoms with van der Waals surface area (Å²) in [6, 6.07) is 0.375. The highest BCUT2D eigenvalue weighted by molar-refractivity contribution is 5.94. The fourth-order valence-electron chi connectivity index (χ4n) is 1.32. The normalized spacial score (nSPS) is 12.6. The van der Waals surface area contributed by atoms with Gasteiger partial charge in [-0.15, -0.1) is 6.58 Å². The second-order valence-electron chi connectivity index (χ2n) is 3.82. The molecule has 1 rings (SSSR count). The van der Waals surface area contributed by atoms with Crippen molar-refractivity contribution in [2.75, 3.05) is 0 Å². The summed E-state index contributed by atoms with van der Waals surface area (Å²) < 4.78 is 36.9. The van der Waals surface area contributed by atoms with Crippen molar-refractivity contribution in [1.29, 1.82) is 0 Å². The second kappa shape index (κ2) is 6.18. The standard InChI is InChI=1S/C12H11F3N2O3/c1-2-3-9(11(19)20)17-10(18)8-5-4-7(6-16-8)12(13,14)15/h2,4-6,9H,1,3H2,(H,17,18)(H,19,20). The highest BCUT2D eigenvalue weighted by atomic mass is 19.4. The number of nitrogens with one attached hydrogen (secondary N) is 1. The first-order valence-corrected chi connectivity index (χ1v) is 5.43.